The summed E-state index contributed by atoms with van der Waals surface area (Å²) >= 11 is 0. The highest BCUT2D eigenvalue weighted by molar-refractivity contribution is 5.79. The minimum Gasteiger partial charge on any atom is -0.488 e. The number of nitrogens with zero attached hydrogens (tertiary/aromatic N) is 1. The second-order valence-electron chi connectivity index (χ2n) is 10.3. The average molecular weight is 525 g/mol. The van der Waals surface area contributed by atoms with Crippen LogP contribution in [0, 0.1) is 5.82 Å². The molecule has 2 aliphatic heterocycles. The summed E-state index contributed by atoms with van der Waals surface area (Å²) in [7, 11) is 0. The van der Waals surface area contributed by atoms with Gasteiger partial charge in [-0.2, -0.15) is 0 Å². The monoisotopic (exact) mass is 524 g/mol. The van der Waals surface area contributed by atoms with E-state index in [1.807, 2.05) is 49.4 Å². The fourth-order valence-electron chi connectivity index (χ4n) is 5.69. The molecule has 202 valence electrons. The molecule has 2 amide bonds. The average Bonchev–Trinajstić information content (AvgIpc) is 3.23. The molecule has 3 unspecified atom stereocenters. The zero-order chi connectivity index (χ0) is 26.6. The van der Waals surface area contributed by atoms with E-state index >= 15 is 4.39 Å². The highest BCUT2D eigenvalue weighted by Gasteiger charge is 2.48. The third-order valence-electron chi connectivity index (χ3n) is 7.46. The molecule has 2 fully saturated rings. The predicted molar refractivity (Wildman–Crippen MR) is 137 cm³/mol. The van der Waals surface area contributed by atoms with Crippen molar-refractivity contribution in [2.24, 2.45) is 0 Å². The number of carbonyl (C=O) groups is 2. The first-order valence-corrected chi connectivity index (χ1v) is 13.0. The van der Waals surface area contributed by atoms with E-state index in [0.29, 0.717) is 43.6 Å². The largest absolute Gasteiger partial charge is 0.488 e. The summed E-state index contributed by atoms with van der Waals surface area (Å²) in [6.07, 6.45) is 5.62. The molecule has 8 nitrogen and oxygen atoms in total. The minimum absolute atomic E-state index is 0.0258. The summed E-state index contributed by atoms with van der Waals surface area (Å²) in [6.45, 7) is 2.50. The fourth-order valence-corrected chi connectivity index (χ4v) is 5.69. The van der Waals surface area contributed by atoms with E-state index in [-0.39, 0.29) is 38.5 Å². The Hall–Kier alpha value is -3.43. The standard InChI is InChI=1S/C29H33FN2O6/c1-21-15-28(19-35-17-25(33)31-28)18-32(21)27(34)37-20-38-29(13-6-3-7-14-29)26-23(30)11-8-12-24(26)36-16-22-9-4-2-5-10-22/h2-6,8-12,21H,7,13-20H2,1H3,(H,31,33). The van der Waals surface area contributed by atoms with Crippen molar-refractivity contribution in [2.45, 2.75) is 56.4 Å². The van der Waals surface area contributed by atoms with Crippen molar-refractivity contribution in [2.75, 3.05) is 26.6 Å². The van der Waals surface area contributed by atoms with Crippen LogP contribution in [0.15, 0.2) is 60.7 Å². The molecular formula is C29H33FN2O6. The van der Waals surface area contributed by atoms with E-state index in [9.17, 15) is 9.59 Å². The van der Waals surface area contributed by atoms with Crippen molar-refractivity contribution < 1.29 is 32.9 Å². The first-order chi connectivity index (χ1) is 18.4. The Morgan fingerprint density at radius 3 is 2.79 bits per heavy atom. The molecule has 0 bridgehead atoms. The van der Waals surface area contributed by atoms with Crippen LogP contribution in [0.2, 0.25) is 0 Å². The van der Waals surface area contributed by atoms with E-state index in [4.69, 9.17) is 18.9 Å². The van der Waals surface area contributed by atoms with Crippen LogP contribution in [-0.4, -0.2) is 55.0 Å². The van der Waals surface area contributed by atoms with Gasteiger partial charge in [0.05, 0.1) is 17.7 Å². The quantitative estimate of drug-likeness (QED) is 0.426. The van der Waals surface area contributed by atoms with Crippen molar-refractivity contribution in [3.05, 3.63) is 77.6 Å². The lowest BCUT2D eigenvalue weighted by Gasteiger charge is -2.36. The lowest BCUT2D eigenvalue weighted by atomic mass is 9.82. The second kappa shape index (κ2) is 11.1. The van der Waals surface area contributed by atoms with Gasteiger partial charge in [-0.1, -0.05) is 48.6 Å². The number of benzene rings is 2. The molecule has 2 aromatic rings. The SMILES string of the molecule is CC1CC2(COCC(=O)N2)CN1C(=O)OCOC1(c2c(F)cccc2OCc2ccccc2)CC=CCC1. The van der Waals surface area contributed by atoms with Crippen molar-refractivity contribution in [1.29, 1.82) is 0 Å². The van der Waals surface area contributed by atoms with Crippen LogP contribution in [0.4, 0.5) is 9.18 Å². The number of carbonyl (C=O) groups excluding carboxylic acids is 2. The van der Waals surface area contributed by atoms with Gasteiger partial charge in [0.25, 0.3) is 0 Å². The van der Waals surface area contributed by atoms with Gasteiger partial charge in [-0.05, 0) is 50.3 Å². The molecule has 2 heterocycles. The number of likely N-dealkylation sites (tertiary alicyclic amines) is 1. The number of hydrogen-bond acceptors (Lipinski definition) is 6. The molecule has 1 aliphatic carbocycles. The van der Waals surface area contributed by atoms with Crippen LogP contribution in [0.5, 0.6) is 5.75 Å². The van der Waals surface area contributed by atoms with Gasteiger partial charge < -0.3 is 29.2 Å². The van der Waals surface area contributed by atoms with Crippen molar-refractivity contribution >= 4 is 12.0 Å². The van der Waals surface area contributed by atoms with E-state index in [1.54, 1.807) is 17.0 Å². The third kappa shape index (κ3) is 5.54. The number of allylic oxidation sites excluding steroid dienone is 1. The number of amides is 2. The Balaban J connectivity index is 1.28. The van der Waals surface area contributed by atoms with Gasteiger partial charge in [-0.3, -0.25) is 4.79 Å². The molecule has 3 atom stereocenters. The zero-order valence-electron chi connectivity index (χ0n) is 21.5. The predicted octanol–water partition coefficient (Wildman–Crippen LogP) is 4.43. The summed E-state index contributed by atoms with van der Waals surface area (Å²) in [5.74, 6) is -0.219. The first-order valence-electron chi connectivity index (χ1n) is 13.0. The van der Waals surface area contributed by atoms with Crippen LogP contribution < -0.4 is 10.1 Å². The highest BCUT2D eigenvalue weighted by atomic mass is 19.1. The van der Waals surface area contributed by atoms with Gasteiger partial charge in [-0.25, -0.2) is 9.18 Å². The molecule has 2 saturated heterocycles. The summed E-state index contributed by atoms with van der Waals surface area (Å²) < 4.78 is 38.6. The Morgan fingerprint density at radius 1 is 1.18 bits per heavy atom. The molecule has 1 N–H and O–H groups in total. The van der Waals surface area contributed by atoms with Gasteiger partial charge in [0.15, 0.2) is 6.79 Å². The summed E-state index contributed by atoms with van der Waals surface area (Å²) in [5.41, 5.74) is -0.364. The van der Waals surface area contributed by atoms with Gasteiger partial charge >= 0.3 is 6.09 Å². The van der Waals surface area contributed by atoms with E-state index in [0.717, 1.165) is 5.56 Å². The number of rotatable bonds is 7. The lowest BCUT2D eigenvalue weighted by molar-refractivity contribution is -0.137. The third-order valence-corrected chi connectivity index (χ3v) is 7.46. The maximum absolute atomic E-state index is 15.4. The summed E-state index contributed by atoms with van der Waals surface area (Å²) in [4.78, 5) is 26.4. The molecule has 3 aliphatic rings. The highest BCUT2D eigenvalue weighted by Crippen LogP contribution is 2.44. The van der Waals surface area contributed by atoms with Gasteiger partial charge in [0, 0.05) is 12.6 Å². The Kier molecular flexibility index (Phi) is 7.67. The number of hydrogen-bond donors (Lipinski definition) is 1. The van der Waals surface area contributed by atoms with E-state index < -0.39 is 23.1 Å². The number of morpholine rings is 1. The number of nitrogens with one attached hydrogen (secondary N) is 1. The van der Waals surface area contributed by atoms with E-state index in [1.165, 1.54) is 6.07 Å². The van der Waals surface area contributed by atoms with Crippen molar-refractivity contribution in [3.63, 3.8) is 0 Å². The van der Waals surface area contributed by atoms with Gasteiger partial charge in [0.1, 0.15) is 30.4 Å². The Bertz CT molecular complexity index is 1190. The number of halogens is 1. The lowest BCUT2D eigenvalue weighted by Crippen LogP contribution is -2.58. The summed E-state index contributed by atoms with van der Waals surface area (Å²) in [5, 5.41) is 2.97. The van der Waals surface area contributed by atoms with Crippen LogP contribution >= 0.6 is 0 Å². The van der Waals surface area contributed by atoms with Gasteiger partial charge in [-0.15, -0.1) is 0 Å². The molecule has 0 aromatic heterocycles. The summed E-state index contributed by atoms with van der Waals surface area (Å²) in [6, 6.07) is 14.3. The van der Waals surface area contributed by atoms with Crippen LogP contribution in [0.3, 0.4) is 0 Å². The molecule has 1 spiro atoms. The zero-order valence-corrected chi connectivity index (χ0v) is 21.5. The van der Waals surface area contributed by atoms with Crippen LogP contribution in [0.1, 0.15) is 43.7 Å². The smallest absolute Gasteiger partial charge is 0.412 e. The van der Waals surface area contributed by atoms with Gasteiger partial charge in [0.2, 0.25) is 5.91 Å². The molecule has 5 rings (SSSR count). The second-order valence-corrected chi connectivity index (χ2v) is 10.3. The first kappa shape index (κ1) is 26.2. The molecular weight excluding hydrogens is 491 g/mol. The molecule has 0 radical (unpaired) electrons. The Labute approximate surface area is 221 Å². The normalized spacial score (nSPS) is 26.8. The topological polar surface area (TPSA) is 86.3 Å². The Morgan fingerprint density at radius 2 is 2.03 bits per heavy atom. The molecule has 0 saturated carbocycles. The van der Waals surface area contributed by atoms with Crippen LogP contribution in [0.25, 0.3) is 0 Å². The number of ether oxygens (including phenoxy) is 4. The molecule has 38 heavy (non-hydrogen) atoms. The van der Waals surface area contributed by atoms with Crippen LogP contribution in [-0.2, 0) is 31.2 Å². The molecule has 9 heteroatoms. The maximum Gasteiger partial charge on any atom is 0.412 e. The van der Waals surface area contributed by atoms with Crippen molar-refractivity contribution in [3.8, 4) is 5.75 Å². The minimum atomic E-state index is -1.05. The van der Waals surface area contributed by atoms with E-state index in [2.05, 4.69) is 5.32 Å². The van der Waals surface area contributed by atoms with Crippen molar-refractivity contribution in [1.82, 2.24) is 10.2 Å². The molecule has 2 aromatic carbocycles. The fraction of sp³-hybridized carbons (Fsp3) is 0.448. The maximum atomic E-state index is 15.4.